The van der Waals surface area contributed by atoms with Gasteiger partial charge in [-0.3, -0.25) is 4.68 Å². The fraction of sp³-hybridized carbons (Fsp3) is 0.727. The van der Waals surface area contributed by atoms with Crippen molar-refractivity contribution in [3.63, 3.8) is 0 Å². The first-order valence-electron chi connectivity index (χ1n) is 5.35. The lowest BCUT2D eigenvalue weighted by Crippen LogP contribution is -2.14. The van der Waals surface area contributed by atoms with Gasteiger partial charge in [0.1, 0.15) is 11.8 Å². The fourth-order valence-corrected chi connectivity index (χ4v) is 1.80. The number of rotatable bonds is 5. The van der Waals surface area contributed by atoms with E-state index >= 15 is 0 Å². The van der Waals surface area contributed by atoms with Crippen LogP contribution in [0.5, 0.6) is 5.75 Å². The molecule has 0 spiro atoms. The van der Waals surface area contributed by atoms with E-state index in [9.17, 15) is 5.11 Å². The van der Waals surface area contributed by atoms with E-state index in [4.69, 9.17) is 4.74 Å². The molecule has 1 aromatic heterocycles. The number of ether oxygens (including phenoxy) is 1. The molecule has 0 saturated heterocycles. The molecule has 0 aromatic carbocycles. The molecule has 4 heteroatoms. The molecular weight excluding hydrogens is 192 g/mol. The van der Waals surface area contributed by atoms with Gasteiger partial charge in [0.25, 0.3) is 0 Å². The van der Waals surface area contributed by atoms with E-state index in [1.165, 1.54) is 0 Å². The highest BCUT2D eigenvalue weighted by Gasteiger charge is 2.23. The summed E-state index contributed by atoms with van der Waals surface area (Å²) in [6.07, 6.45) is 3.19. The maximum absolute atomic E-state index is 10.2. The minimum absolute atomic E-state index is 0.222. The van der Waals surface area contributed by atoms with E-state index < -0.39 is 6.10 Å². The summed E-state index contributed by atoms with van der Waals surface area (Å²) < 4.78 is 6.85. The highest BCUT2D eigenvalue weighted by atomic mass is 16.5. The molecule has 0 saturated carbocycles. The zero-order chi connectivity index (χ0) is 11.4. The summed E-state index contributed by atoms with van der Waals surface area (Å²) in [6, 6.07) is 0. The zero-order valence-electron chi connectivity index (χ0n) is 9.90. The highest BCUT2D eigenvalue weighted by molar-refractivity contribution is 5.27. The number of hydrogen-bond donors (Lipinski definition) is 1. The van der Waals surface area contributed by atoms with Crippen LogP contribution < -0.4 is 4.74 Å². The summed E-state index contributed by atoms with van der Waals surface area (Å²) in [6.45, 7) is 4.16. The topological polar surface area (TPSA) is 47.3 Å². The van der Waals surface area contributed by atoms with E-state index in [0.29, 0.717) is 5.75 Å². The molecule has 1 rings (SSSR count). The van der Waals surface area contributed by atoms with Gasteiger partial charge in [-0.15, -0.1) is 0 Å². The standard InChI is InChI=1S/C11H20N2O2/c1-5-6-8(2)11(14)10-9(15-4)7-12-13(10)3/h7-8,11,14H,5-6H2,1-4H3. The summed E-state index contributed by atoms with van der Waals surface area (Å²) in [5.74, 6) is 0.882. The summed E-state index contributed by atoms with van der Waals surface area (Å²) in [5, 5.41) is 14.2. The van der Waals surface area contributed by atoms with Gasteiger partial charge in [0.2, 0.25) is 0 Å². The molecule has 2 atom stereocenters. The molecule has 15 heavy (non-hydrogen) atoms. The smallest absolute Gasteiger partial charge is 0.162 e. The van der Waals surface area contributed by atoms with Crippen LogP contribution in [0, 0.1) is 5.92 Å². The van der Waals surface area contributed by atoms with Crippen molar-refractivity contribution >= 4 is 0 Å². The van der Waals surface area contributed by atoms with Gasteiger partial charge >= 0.3 is 0 Å². The van der Waals surface area contributed by atoms with Crippen molar-refractivity contribution < 1.29 is 9.84 Å². The molecule has 1 heterocycles. The van der Waals surface area contributed by atoms with Crippen LogP contribution >= 0.6 is 0 Å². The molecule has 0 aliphatic carbocycles. The molecule has 0 bridgehead atoms. The molecule has 1 aromatic rings. The number of aliphatic hydroxyl groups excluding tert-OH is 1. The Bertz CT molecular complexity index is 310. The molecule has 0 fully saturated rings. The minimum atomic E-state index is -0.507. The first-order valence-corrected chi connectivity index (χ1v) is 5.35. The van der Waals surface area contributed by atoms with Crippen LogP contribution in [-0.4, -0.2) is 22.0 Å². The van der Waals surface area contributed by atoms with Crippen molar-refractivity contribution in [2.45, 2.75) is 32.8 Å². The highest BCUT2D eigenvalue weighted by Crippen LogP contribution is 2.31. The Kier molecular flexibility index (Phi) is 4.15. The Morgan fingerprint density at radius 1 is 1.60 bits per heavy atom. The van der Waals surface area contributed by atoms with E-state index in [-0.39, 0.29) is 5.92 Å². The second kappa shape index (κ2) is 5.16. The van der Waals surface area contributed by atoms with Gasteiger partial charge in [0.05, 0.1) is 13.3 Å². The van der Waals surface area contributed by atoms with Gasteiger partial charge in [0.15, 0.2) is 5.75 Å². The van der Waals surface area contributed by atoms with Gasteiger partial charge < -0.3 is 9.84 Å². The molecule has 1 N–H and O–H groups in total. The van der Waals surface area contributed by atoms with Crippen LogP contribution in [0.25, 0.3) is 0 Å². The van der Waals surface area contributed by atoms with Crippen molar-refractivity contribution in [3.05, 3.63) is 11.9 Å². The predicted molar refractivity (Wildman–Crippen MR) is 58.8 cm³/mol. The lowest BCUT2D eigenvalue weighted by atomic mass is 9.97. The number of aryl methyl sites for hydroxylation is 1. The van der Waals surface area contributed by atoms with Gasteiger partial charge in [0, 0.05) is 7.05 Å². The third kappa shape index (κ3) is 2.50. The zero-order valence-corrected chi connectivity index (χ0v) is 9.90. The van der Waals surface area contributed by atoms with Gasteiger partial charge in [-0.2, -0.15) is 5.10 Å². The predicted octanol–water partition coefficient (Wildman–Crippen LogP) is 1.90. The van der Waals surface area contributed by atoms with Crippen LogP contribution in [0.15, 0.2) is 6.20 Å². The van der Waals surface area contributed by atoms with Crippen LogP contribution in [0.1, 0.15) is 38.5 Å². The van der Waals surface area contributed by atoms with Crippen LogP contribution in [0.2, 0.25) is 0 Å². The molecule has 0 radical (unpaired) electrons. The normalized spacial score (nSPS) is 15.0. The van der Waals surface area contributed by atoms with Crippen LogP contribution in [0.3, 0.4) is 0 Å². The number of hydrogen-bond acceptors (Lipinski definition) is 3. The Hall–Kier alpha value is -1.03. The average molecular weight is 212 g/mol. The maximum Gasteiger partial charge on any atom is 0.162 e. The first-order chi connectivity index (χ1) is 7.11. The van der Waals surface area contributed by atoms with E-state index in [2.05, 4.69) is 12.0 Å². The number of nitrogens with zero attached hydrogens (tertiary/aromatic N) is 2. The second-order valence-electron chi connectivity index (χ2n) is 3.93. The number of aliphatic hydroxyl groups is 1. The van der Waals surface area contributed by atoms with Gasteiger partial charge in [-0.1, -0.05) is 20.3 Å². The molecule has 86 valence electrons. The number of aromatic nitrogens is 2. The molecule has 0 amide bonds. The maximum atomic E-state index is 10.2. The quantitative estimate of drug-likeness (QED) is 0.811. The molecule has 4 nitrogen and oxygen atoms in total. The second-order valence-corrected chi connectivity index (χ2v) is 3.93. The van der Waals surface area contributed by atoms with Crippen LogP contribution in [0.4, 0.5) is 0 Å². The third-order valence-corrected chi connectivity index (χ3v) is 2.73. The largest absolute Gasteiger partial charge is 0.493 e. The summed E-state index contributed by atoms with van der Waals surface area (Å²) in [7, 11) is 3.41. The molecule has 2 unspecified atom stereocenters. The SMILES string of the molecule is CCCC(C)C(O)c1c(OC)cnn1C. The average Bonchev–Trinajstić information content (AvgIpc) is 2.58. The Balaban J connectivity index is 2.88. The van der Waals surface area contributed by atoms with Gasteiger partial charge in [-0.25, -0.2) is 0 Å². The van der Waals surface area contributed by atoms with Crippen molar-refractivity contribution in [2.75, 3.05) is 7.11 Å². The fourth-order valence-electron chi connectivity index (χ4n) is 1.80. The molecular formula is C11H20N2O2. The molecule has 0 aliphatic heterocycles. The van der Waals surface area contributed by atoms with Crippen molar-refractivity contribution in [2.24, 2.45) is 13.0 Å². The van der Waals surface area contributed by atoms with Gasteiger partial charge in [-0.05, 0) is 12.3 Å². The number of methoxy groups -OCH3 is 1. The van der Waals surface area contributed by atoms with Crippen molar-refractivity contribution in [1.82, 2.24) is 9.78 Å². The first kappa shape index (κ1) is 12.0. The lowest BCUT2D eigenvalue weighted by Gasteiger charge is -2.19. The Labute approximate surface area is 90.9 Å². The van der Waals surface area contributed by atoms with E-state index in [0.717, 1.165) is 18.5 Å². The minimum Gasteiger partial charge on any atom is -0.493 e. The molecule has 0 aliphatic rings. The summed E-state index contributed by atoms with van der Waals surface area (Å²) >= 11 is 0. The monoisotopic (exact) mass is 212 g/mol. The lowest BCUT2D eigenvalue weighted by molar-refractivity contribution is 0.101. The Morgan fingerprint density at radius 2 is 2.27 bits per heavy atom. The van der Waals surface area contributed by atoms with E-state index in [1.807, 2.05) is 14.0 Å². The summed E-state index contributed by atoms with van der Waals surface area (Å²) in [4.78, 5) is 0. The third-order valence-electron chi connectivity index (χ3n) is 2.73. The van der Waals surface area contributed by atoms with Crippen molar-refractivity contribution in [1.29, 1.82) is 0 Å². The van der Waals surface area contributed by atoms with Crippen LogP contribution in [-0.2, 0) is 7.05 Å². The summed E-state index contributed by atoms with van der Waals surface area (Å²) in [5.41, 5.74) is 0.762. The van der Waals surface area contributed by atoms with Crippen molar-refractivity contribution in [3.8, 4) is 5.75 Å². The van der Waals surface area contributed by atoms with E-state index in [1.54, 1.807) is 18.0 Å². The Morgan fingerprint density at radius 3 is 2.80 bits per heavy atom.